The summed E-state index contributed by atoms with van der Waals surface area (Å²) in [5.41, 5.74) is 7.36. The first-order chi connectivity index (χ1) is 6.90. The van der Waals surface area contributed by atoms with Gasteiger partial charge in [-0.05, 0) is 11.8 Å². The molecule has 15 heavy (non-hydrogen) atoms. The lowest BCUT2D eigenvalue weighted by atomic mass is 9.95. The number of aliphatic hydroxyl groups is 1. The van der Waals surface area contributed by atoms with E-state index in [-0.39, 0.29) is 12.0 Å². The van der Waals surface area contributed by atoms with Gasteiger partial charge >= 0.3 is 0 Å². The Kier molecular flexibility index (Phi) is 2.08. The maximum absolute atomic E-state index is 8.86. The van der Waals surface area contributed by atoms with Gasteiger partial charge in [0.25, 0.3) is 0 Å². The zero-order chi connectivity index (χ0) is 11.3. The Balaban J connectivity index is 2.28. The van der Waals surface area contributed by atoms with Crippen LogP contribution in [0.2, 0.25) is 0 Å². The zero-order valence-electron chi connectivity index (χ0n) is 9.62. The minimum absolute atomic E-state index is 0.0748. The average molecular weight is 209 g/mol. The molecule has 1 aromatic heterocycles. The molecule has 4 heteroatoms. The molecule has 1 unspecified atom stereocenters. The maximum Gasteiger partial charge on any atom is 0.122 e. The highest BCUT2D eigenvalue weighted by molar-refractivity contribution is 5.39. The van der Waals surface area contributed by atoms with Crippen LogP contribution in [0.25, 0.3) is 0 Å². The summed E-state index contributed by atoms with van der Waals surface area (Å²) in [6, 6.07) is 1.93. The van der Waals surface area contributed by atoms with Crippen LogP contribution in [0.15, 0.2) is 6.07 Å². The van der Waals surface area contributed by atoms with E-state index in [4.69, 9.17) is 10.8 Å². The van der Waals surface area contributed by atoms with Crippen molar-refractivity contribution in [1.29, 1.82) is 0 Å². The topological polar surface area (TPSA) is 64.1 Å². The summed E-state index contributed by atoms with van der Waals surface area (Å²) in [7, 11) is 0. The van der Waals surface area contributed by atoms with Gasteiger partial charge in [-0.3, -0.25) is 0 Å². The van der Waals surface area contributed by atoms with Gasteiger partial charge in [-0.15, -0.1) is 0 Å². The molecule has 1 heterocycles. The second-order valence-electron chi connectivity index (χ2n) is 5.29. The Bertz CT molecular complexity index is 383. The van der Waals surface area contributed by atoms with Crippen molar-refractivity contribution in [3.63, 3.8) is 0 Å². The fraction of sp³-hybridized carbons (Fsp3) is 0.727. The van der Waals surface area contributed by atoms with Crippen molar-refractivity contribution in [1.82, 2.24) is 9.78 Å². The summed E-state index contributed by atoms with van der Waals surface area (Å²) < 4.78 is 1.68. The first-order valence-corrected chi connectivity index (χ1v) is 5.35. The van der Waals surface area contributed by atoms with Crippen molar-refractivity contribution in [2.45, 2.75) is 39.2 Å². The molecule has 0 saturated heterocycles. The van der Waals surface area contributed by atoms with Gasteiger partial charge in [-0.2, -0.15) is 5.10 Å². The monoisotopic (exact) mass is 209 g/mol. The van der Waals surface area contributed by atoms with Gasteiger partial charge in [0.05, 0.1) is 18.8 Å². The summed E-state index contributed by atoms with van der Waals surface area (Å²) in [5.74, 6) is 0.642. The molecule has 4 nitrogen and oxygen atoms in total. The van der Waals surface area contributed by atoms with Crippen LogP contribution in [-0.4, -0.2) is 21.5 Å². The Morgan fingerprint density at radius 3 is 2.60 bits per heavy atom. The summed E-state index contributed by atoms with van der Waals surface area (Å²) in [4.78, 5) is 0. The lowest BCUT2D eigenvalue weighted by Crippen LogP contribution is -2.12. The van der Waals surface area contributed by atoms with Crippen molar-refractivity contribution < 1.29 is 5.11 Å². The number of hydrogen-bond donors (Lipinski definition) is 2. The maximum atomic E-state index is 8.86. The second-order valence-corrected chi connectivity index (χ2v) is 5.29. The van der Waals surface area contributed by atoms with Crippen LogP contribution < -0.4 is 5.73 Å². The summed E-state index contributed by atoms with van der Waals surface area (Å²) in [6.45, 7) is 7.26. The van der Waals surface area contributed by atoms with Gasteiger partial charge in [-0.1, -0.05) is 20.8 Å². The van der Waals surface area contributed by atoms with Crippen molar-refractivity contribution in [2.75, 3.05) is 12.3 Å². The molecule has 1 atom stereocenters. The van der Waals surface area contributed by atoms with E-state index in [9.17, 15) is 0 Å². The van der Waals surface area contributed by atoms with E-state index < -0.39 is 0 Å². The molecular formula is C11H19N3O. The smallest absolute Gasteiger partial charge is 0.122 e. The van der Waals surface area contributed by atoms with Gasteiger partial charge in [0.1, 0.15) is 5.82 Å². The number of anilines is 1. The Labute approximate surface area is 90.1 Å². The predicted molar refractivity (Wildman–Crippen MR) is 59.5 cm³/mol. The van der Waals surface area contributed by atoms with Crippen molar-refractivity contribution >= 4 is 5.82 Å². The zero-order valence-corrected chi connectivity index (χ0v) is 9.62. The molecule has 84 valence electrons. The third-order valence-electron chi connectivity index (χ3n) is 3.85. The number of rotatable bonds is 3. The molecule has 2 rings (SSSR count). The fourth-order valence-corrected chi connectivity index (χ4v) is 2.25. The molecule has 1 saturated carbocycles. The third-order valence-corrected chi connectivity index (χ3v) is 3.85. The lowest BCUT2D eigenvalue weighted by Gasteiger charge is -2.11. The summed E-state index contributed by atoms with van der Waals surface area (Å²) in [6.07, 6.45) is 1.15. The quantitative estimate of drug-likeness (QED) is 0.784. The van der Waals surface area contributed by atoms with Crippen LogP contribution in [0.4, 0.5) is 5.82 Å². The number of nitrogens with zero attached hydrogens (tertiary/aromatic N) is 2. The molecule has 1 aliphatic carbocycles. The molecule has 0 amide bonds. The minimum Gasteiger partial charge on any atom is -0.394 e. The van der Waals surface area contributed by atoms with E-state index >= 15 is 0 Å². The molecule has 1 aliphatic rings. The Hall–Kier alpha value is -1.03. The van der Waals surface area contributed by atoms with Crippen LogP contribution in [0.1, 0.15) is 32.9 Å². The largest absolute Gasteiger partial charge is 0.394 e. The number of aromatic nitrogens is 2. The molecule has 1 aromatic rings. The van der Waals surface area contributed by atoms with E-state index in [1.807, 2.05) is 6.07 Å². The first-order valence-electron chi connectivity index (χ1n) is 5.35. The van der Waals surface area contributed by atoms with Crippen LogP contribution in [0.5, 0.6) is 0 Å². The molecule has 0 spiro atoms. The molecule has 0 bridgehead atoms. The SMILES string of the molecule is CC1(C)CC1(C)c1cc(N)n(CCO)n1. The average Bonchev–Trinajstić information content (AvgIpc) is 2.50. The Morgan fingerprint density at radius 1 is 1.53 bits per heavy atom. The van der Waals surface area contributed by atoms with Gasteiger partial charge in [0.2, 0.25) is 0 Å². The van der Waals surface area contributed by atoms with Crippen molar-refractivity contribution in [2.24, 2.45) is 5.41 Å². The molecule has 0 aliphatic heterocycles. The van der Waals surface area contributed by atoms with Gasteiger partial charge in [-0.25, -0.2) is 4.68 Å². The fourth-order valence-electron chi connectivity index (χ4n) is 2.25. The number of hydrogen-bond acceptors (Lipinski definition) is 3. The van der Waals surface area contributed by atoms with E-state index in [0.717, 1.165) is 12.1 Å². The molecule has 0 aromatic carbocycles. The molecule has 0 radical (unpaired) electrons. The summed E-state index contributed by atoms with van der Waals surface area (Å²) >= 11 is 0. The Morgan fingerprint density at radius 2 is 2.13 bits per heavy atom. The van der Waals surface area contributed by atoms with Crippen molar-refractivity contribution in [3.8, 4) is 0 Å². The van der Waals surface area contributed by atoms with Gasteiger partial charge in [0.15, 0.2) is 0 Å². The van der Waals surface area contributed by atoms with Crippen LogP contribution in [-0.2, 0) is 12.0 Å². The van der Waals surface area contributed by atoms with Crippen molar-refractivity contribution in [3.05, 3.63) is 11.8 Å². The predicted octanol–water partition coefficient (Wildman–Crippen LogP) is 1.15. The van der Waals surface area contributed by atoms with E-state index in [2.05, 4.69) is 25.9 Å². The molecular weight excluding hydrogens is 190 g/mol. The normalized spacial score (nSPS) is 28.0. The number of nitrogens with two attached hydrogens (primary N) is 1. The van der Waals surface area contributed by atoms with E-state index in [0.29, 0.717) is 17.8 Å². The van der Waals surface area contributed by atoms with E-state index in [1.54, 1.807) is 4.68 Å². The summed E-state index contributed by atoms with van der Waals surface area (Å²) in [5, 5.41) is 13.3. The highest BCUT2D eigenvalue weighted by Crippen LogP contribution is 2.63. The molecule has 1 fully saturated rings. The number of aliphatic hydroxyl groups excluding tert-OH is 1. The molecule has 3 N–H and O–H groups in total. The third kappa shape index (κ3) is 1.44. The van der Waals surface area contributed by atoms with Gasteiger partial charge < -0.3 is 10.8 Å². The second kappa shape index (κ2) is 2.98. The van der Waals surface area contributed by atoms with Crippen LogP contribution in [0.3, 0.4) is 0 Å². The van der Waals surface area contributed by atoms with Crippen LogP contribution in [0, 0.1) is 5.41 Å². The highest BCUT2D eigenvalue weighted by Gasteiger charge is 2.59. The first kappa shape index (κ1) is 10.5. The lowest BCUT2D eigenvalue weighted by molar-refractivity contribution is 0.269. The van der Waals surface area contributed by atoms with E-state index in [1.165, 1.54) is 0 Å². The van der Waals surface area contributed by atoms with Crippen LogP contribution >= 0.6 is 0 Å². The highest BCUT2D eigenvalue weighted by atomic mass is 16.3. The minimum atomic E-state index is 0.0748. The van der Waals surface area contributed by atoms with Gasteiger partial charge in [0, 0.05) is 11.5 Å². The number of nitrogen functional groups attached to an aromatic ring is 1. The standard InChI is InChI=1S/C11H19N3O/c1-10(2)7-11(10,3)8-6-9(12)14(13-8)4-5-15/h6,15H,4-5,7,12H2,1-3H3.